The molecular weight excluding hydrogens is 174 g/mol. The molecule has 1 aromatic rings. The third-order valence-electron chi connectivity index (χ3n) is 1.54. The zero-order chi connectivity index (χ0) is 8.27. The fourth-order valence-electron chi connectivity index (χ4n) is 0.621. The lowest BCUT2D eigenvalue weighted by Gasteiger charge is -2.12. The van der Waals surface area contributed by atoms with Crippen LogP contribution in [0.1, 0.15) is 13.8 Å². The maximum Gasteiger partial charge on any atom is 0.0601 e. The van der Waals surface area contributed by atoms with Crippen molar-refractivity contribution in [1.82, 2.24) is 0 Å². The van der Waals surface area contributed by atoms with Gasteiger partial charge in [0.25, 0.3) is 0 Å². The number of thioether (sulfide) groups is 1. The fraction of sp³-hybridized carbons (Fsp3) is 0.500. The monoisotopic (exact) mass is 187 g/mol. The first-order chi connectivity index (χ1) is 5.20. The summed E-state index contributed by atoms with van der Waals surface area (Å²) in [6.07, 6.45) is 0. The standard InChI is InChI=1S/C8H13NS2/c1-6(9)7(2)11-8-4-3-5-10-8/h3-7H,9H2,1-2H3. The molecule has 2 unspecified atom stereocenters. The van der Waals surface area contributed by atoms with E-state index in [2.05, 4.69) is 24.4 Å². The summed E-state index contributed by atoms with van der Waals surface area (Å²) in [6.45, 7) is 4.21. The van der Waals surface area contributed by atoms with Crippen LogP contribution in [0, 0.1) is 0 Å². The molecule has 1 nitrogen and oxygen atoms in total. The second kappa shape index (κ2) is 4.14. The maximum atomic E-state index is 5.74. The molecule has 0 spiro atoms. The van der Waals surface area contributed by atoms with E-state index in [0.29, 0.717) is 5.25 Å². The van der Waals surface area contributed by atoms with Crippen molar-refractivity contribution in [3.05, 3.63) is 17.5 Å². The SMILES string of the molecule is CC(N)C(C)Sc1cccs1. The molecule has 11 heavy (non-hydrogen) atoms. The van der Waals surface area contributed by atoms with Crippen molar-refractivity contribution in [2.45, 2.75) is 29.3 Å². The molecule has 0 aliphatic carbocycles. The topological polar surface area (TPSA) is 26.0 Å². The Morgan fingerprint density at radius 3 is 2.73 bits per heavy atom. The Labute approximate surface area is 76.0 Å². The van der Waals surface area contributed by atoms with Gasteiger partial charge in [0, 0.05) is 11.3 Å². The minimum atomic E-state index is 0.266. The Bertz CT molecular complexity index is 194. The zero-order valence-electron chi connectivity index (χ0n) is 6.78. The molecule has 0 radical (unpaired) electrons. The summed E-state index contributed by atoms with van der Waals surface area (Å²) in [5, 5.41) is 2.60. The van der Waals surface area contributed by atoms with E-state index < -0.39 is 0 Å². The van der Waals surface area contributed by atoms with Gasteiger partial charge in [-0.1, -0.05) is 13.0 Å². The van der Waals surface area contributed by atoms with E-state index in [1.165, 1.54) is 4.21 Å². The van der Waals surface area contributed by atoms with Gasteiger partial charge in [0.2, 0.25) is 0 Å². The van der Waals surface area contributed by atoms with E-state index in [0.717, 1.165) is 0 Å². The third-order valence-corrected chi connectivity index (χ3v) is 3.95. The molecular formula is C8H13NS2. The van der Waals surface area contributed by atoms with Gasteiger partial charge in [0.15, 0.2) is 0 Å². The lowest BCUT2D eigenvalue weighted by molar-refractivity contribution is 0.731. The highest BCUT2D eigenvalue weighted by Gasteiger charge is 2.08. The van der Waals surface area contributed by atoms with Gasteiger partial charge in [0.05, 0.1) is 4.21 Å². The number of hydrogen-bond donors (Lipinski definition) is 1. The smallest absolute Gasteiger partial charge is 0.0601 e. The van der Waals surface area contributed by atoms with Crippen LogP contribution < -0.4 is 5.73 Å². The molecule has 0 bridgehead atoms. The molecule has 0 aliphatic rings. The van der Waals surface area contributed by atoms with Gasteiger partial charge >= 0.3 is 0 Å². The molecule has 2 N–H and O–H groups in total. The van der Waals surface area contributed by atoms with E-state index in [1.54, 1.807) is 11.3 Å². The molecule has 0 saturated heterocycles. The fourth-order valence-corrected chi connectivity index (χ4v) is 2.65. The molecule has 0 fully saturated rings. The first-order valence-electron chi connectivity index (χ1n) is 3.66. The number of hydrogen-bond acceptors (Lipinski definition) is 3. The van der Waals surface area contributed by atoms with Gasteiger partial charge in [0.1, 0.15) is 0 Å². The zero-order valence-corrected chi connectivity index (χ0v) is 8.41. The van der Waals surface area contributed by atoms with Gasteiger partial charge in [-0.3, -0.25) is 0 Å². The van der Waals surface area contributed by atoms with Crippen molar-refractivity contribution >= 4 is 23.1 Å². The summed E-state index contributed by atoms with van der Waals surface area (Å²) >= 11 is 3.63. The summed E-state index contributed by atoms with van der Waals surface area (Å²) in [6, 6.07) is 4.47. The molecule has 2 atom stereocenters. The van der Waals surface area contributed by atoms with Gasteiger partial charge in [-0.15, -0.1) is 23.1 Å². The summed E-state index contributed by atoms with van der Waals surface area (Å²) in [5.74, 6) is 0. The van der Waals surface area contributed by atoms with Gasteiger partial charge in [-0.25, -0.2) is 0 Å². The van der Waals surface area contributed by atoms with Crippen LogP contribution in [0.2, 0.25) is 0 Å². The minimum absolute atomic E-state index is 0.266. The molecule has 0 aromatic carbocycles. The molecule has 1 aromatic heterocycles. The average Bonchev–Trinajstić information content (AvgIpc) is 2.39. The van der Waals surface area contributed by atoms with Crippen molar-refractivity contribution in [3.63, 3.8) is 0 Å². The Balaban J connectivity index is 2.43. The first-order valence-corrected chi connectivity index (χ1v) is 5.42. The van der Waals surface area contributed by atoms with Crippen molar-refractivity contribution in [1.29, 1.82) is 0 Å². The Morgan fingerprint density at radius 1 is 1.55 bits per heavy atom. The average molecular weight is 187 g/mol. The van der Waals surface area contributed by atoms with E-state index in [-0.39, 0.29) is 6.04 Å². The minimum Gasteiger partial charge on any atom is -0.327 e. The summed E-state index contributed by atoms with van der Waals surface area (Å²) in [5.41, 5.74) is 5.74. The van der Waals surface area contributed by atoms with Crippen LogP contribution in [0.3, 0.4) is 0 Å². The van der Waals surface area contributed by atoms with Crippen LogP contribution >= 0.6 is 23.1 Å². The Kier molecular flexibility index (Phi) is 3.43. The van der Waals surface area contributed by atoms with Crippen molar-refractivity contribution in [2.75, 3.05) is 0 Å². The number of thiophene rings is 1. The first kappa shape index (κ1) is 9.10. The predicted octanol–water partition coefficient (Wildman–Crippen LogP) is 2.58. The summed E-state index contributed by atoms with van der Waals surface area (Å²) in [4.78, 5) is 0. The molecule has 0 aliphatic heterocycles. The van der Waals surface area contributed by atoms with Gasteiger partial charge in [-0.2, -0.15) is 0 Å². The Hall–Kier alpha value is 0.01000. The lowest BCUT2D eigenvalue weighted by Crippen LogP contribution is -2.25. The van der Waals surface area contributed by atoms with Crippen LogP contribution in [-0.4, -0.2) is 11.3 Å². The molecule has 62 valence electrons. The largest absolute Gasteiger partial charge is 0.327 e. The van der Waals surface area contributed by atoms with Crippen molar-refractivity contribution in [2.24, 2.45) is 5.73 Å². The third kappa shape index (κ3) is 2.85. The van der Waals surface area contributed by atoms with Crippen molar-refractivity contribution in [3.8, 4) is 0 Å². The quantitative estimate of drug-likeness (QED) is 0.736. The molecule has 3 heteroatoms. The van der Waals surface area contributed by atoms with Crippen LogP contribution in [0.15, 0.2) is 21.7 Å². The lowest BCUT2D eigenvalue weighted by atomic mass is 10.3. The molecule has 0 saturated carbocycles. The van der Waals surface area contributed by atoms with Crippen LogP contribution in [0.25, 0.3) is 0 Å². The van der Waals surface area contributed by atoms with Crippen molar-refractivity contribution < 1.29 is 0 Å². The normalized spacial score (nSPS) is 16.3. The van der Waals surface area contributed by atoms with E-state index in [1.807, 2.05) is 18.7 Å². The summed E-state index contributed by atoms with van der Waals surface area (Å²) in [7, 11) is 0. The summed E-state index contributed by atoms with van der Waals surface area (Å²) < 4.78 is 1.36. The Morgan fingerprint density at radius 2 is 2.27 bits per heavy atom. The highest BCUT2D eigenvalue weighted by atomic mass is 32.2. The van der Waals surface area contributed by atoms with E-state index in [9.17, 15) is 0 Å². The van der Waals surface area contributed by atoms with Gasteiger partial charge < -0.3 is 5.73 Å². The van der Waals surface area contributed by atoms with Crippen LogP contribution in [0.5, 0.6) is 0 Å². The second-order valence-electron chi connectivity index (χ2n) is 2.61. The van der Waals surface area contributed by atoms with E-state index in [4.69, 9.17) is 5.73 Å². The number of nitrogens with two attached hydrogens (primary N) is 1. The predicted molar refractivity (Wildman–Crippen MR) is 53.3 cm³/mol. The highest BCUT2D eigenvalue weighted by Crippen LogP contribution is 2.28. The highest BCUT2D eigenvalue weighted by molar-refractivity contribution is 8.01. The van der Waals surface area contributed by atoms with Crippen LogP contribution in [0.4, 0.5) is 0 Å². The van der Waals surface area contributed by atoms with Gasteiger partial charge in [-0.05, 0) is 18.4 Å². The number of rotatable bonds is 3. The van der Waals surface area contributed by atoms with Crippen LogP contribution in [-0.2, 0) is 0 Å². The molecule has 1 heterocycles. The molecule has 0 amide bonds. The second-order valence-corrected chi connectivity index (χ2v) is 5.24. The molecule has 1 rings (SSSR count). The maximum absolute atomic E-state index is 5.74. The van der Waals surface area contributed by atoms with E-state index >= 15 is 0 Å².